The van der Waals surface area contributed by atoms with Gasteiger partial charge in [-0.05, 0) is 77.7 Å². The van der Waals surface area contributed by atoms with Crippen LogP contribution in [0.5, 0.6) is 0 Å². The normalized spacial score (nSPS) is 34.9. The molecular weight excluding hydrogens is 558 g/mol. The Bertz CT molecular complexity index is 991. The second-order valence-electron chi connectivity index (χ2n) is 12.8. The van der Waals surface area contributed by atoms with Gasteiger partial charge in [0.05, 0.1) is 36.4 Å². The van der Waals surface area contributed by atoms with Gasteiger partial charge in [0, 0.05) is 24.3 Å². The lowest BCUT2D eigenvalue weighted by atomic mass is 9.88. The number of epoxide rings is 1. The molecule has 2 heterocycles. The fourth-order valence-corrected chi connectivity index (χ4v) is 5.53. The van der Waals surface area contributed by atoms with E-state index in [2.05, 4.69) is 5.32 Å². The second-order valence-corrected chi connectivity index (χ2v) is 13.2. The Morgan fingerprint density at radius 2 is 2.00 bits per heavy atom. The second kappa shape index (κ2) is 15.8. The lowest BCUT2D eigenvalue weighted by Gasteiger charge is -2.33. The van der Waals surface area contributed by atoms with E-state index in [4.69, 9.17) is 26.4 Å². The van der Waals surface area contributed by atoms with Gasteiger partial charge in [-0.1, -0.05) is 45.1 Å². The molecule has 0 aromatic rings. The molecule has 0 amide bonds. The van der Waals surface area contributed by atoms with E-state index in [0.717, 1.165) is 5.57 Å². The third kappa shape index (κ3) is 11.7. The van der Waals surface area contributed by atoms with E-state index >= 15 is 0 Å². The summed E-state index contributed by atoms with van der Waals surface area (Å²) < 4.78 is 17.5. The minimum atomic E-state index is -1.35. The smallest absolute Gasteiger partial charge is 0.309 e. The van der Waals surface area contributed by atoms with Crippen LogP contribution in [0.3, 0.4) is 0 Å². The number of hydrogen-bond donors (Lipinski definition) is 5. The Hall–Kier alpha value is -1.82. The summed E-state index contributed by atoms with van der Waals surface area (Å²) in [7, 11) is 0. The molecule has 0 saturated carbocycles. The van der Waals surface area contributed by atoms with Crippen LogP contribution in [0.15, 0.2) is 36.0 Å². The maximum absolute atomic E-state index is 12.7. The van der Waals surface area contributed by atoms with Crippen LogP contribution in [0, 0.1) is 11.8 Å². The van der Waals surface area contributed by atoms with Crippen molar-refractivity contribution < 1.29 is 39.4 Å². The largest absolute Gasteiger partial charge is 0.460 e. The summed E-state index contributed by atoms with van der Waals surface area (Å²) in [6, 6.07) is 0.0552. The molecule has 42 heavy (non-hydrogen) atoms. The molecule has 1 saturated heterocycles. The van der Waals surface area contributed by atoms with Crippen LogP contribution in [0.1, 0.15) is 87.5 Å². The van der Waals surface area contributed by atoms with Crippen LogP contribution in [-0.4, -0.2) is 85.4 Å². The lowest BCUT2D eigenvalue weighted by Crippen LogP contribution is -2.45. The fourth-order valence-electron chi connectivity index (χ4n) is 5.19. The van der Waals surface area contributed by atoms with Gasteiger partial charge in [0.2, 0.25) is 0 Å². The lowest BCUT2D eigenvalue weighted by molar-refractivity contribution is -0.151. The van der Waals surface area contributed by atoms with Crippen molar-refractivity contribution in [3.63, 3.8) is 0 Å². The van der Waals surface area contributed by atoms with Crippen LogP contribution in [-0.2, 0) is 19.0 Å². The number of thiocarbonyl (C=S) groups is 1. The third-order valence-corrected chi connectivity index (χ3v) is 8.22. The van der Waals surface area contributed by atoms with Gasteiger partial charge >= 0.3 is 5.97 Å². The molecule has 10 heteroatoms. The Labute approximate surface area is 257 Å². The molecule has 10 unspecified atom stereocenters. The first-order valence-electron chi connectivity index (χ1n) is 15.1. The zero-order valence-corrected chi connectivity index (χ0v) is 27.3. The minimum absolute atomic E-state index is 0.00139. The Morgan fingerprint density at radius 1 is 1.33 bits per heavy atom. The molecule has 2 rings (SSSR count). The molecule has 0 aromatic heterocycles. The van der Waals surface area contributed by atoms with Crippen molar-refractivity contribution in [2.24, 2.45) is 11.8 Å². The maximum atomic E-state index is 12.7. The molecule has 5 N–H and O–H groups in total. The number of aliphatic hydroxyl groups excluding tert-OH is 2. The van der Waals surface area contributed by atoms with Crippen LogP contribution in [0.25, 0.3) is 0 Å². The summed E-state index contributed by atoms with van der Waals surface area (Å²) in [5.41, 5.74) is -1.75. The third-order valence-electron chi connectivity index (χ3n) is 8.01. The van der Waals surface area contributed by atoms with Crippen molar-refractivity contribution in [3.05, 3.63) is 36.0 Å². The van der Waals surface area contributed by atoms with Crippen molar-refractivity contribution >= 4 is 23.4 Å². The molecule has 1 fully saturated rings. The predicted molar refractivity (Wildman–Crippen MR) is 167 cm³/mol. The van der Waals surface area contributed by atoms with Crippen molar-refractivity contribution in [3.8, 4) is 0 Å². The molecule has 10 atom stereocenters. The fraction of sp³-hybridized carbons (Fsp3) is 0.750. The highest BCUT2D eigenvalue weighted by Crippen LogP contribution is 2.37. The number of nitrogens with one attached hydrogen (secondary N) is 1. The van der Waals surface area contributed by atoms with E-state index in [1.54, 1.807) is 38.2 Å². The molecule has 0 aliphatic carbocycles. The van der Waals surface area contributed by atoms with Gasteiger partial charge in [-0.25, -0.2) is 0 Å². The number of carbonyl (C=O) groups excluding carboxylic acids is 1. The maximum Gasteiger partial charge on any atom is 0.309 e. The van der Waals surface area contributed by atoms with Gasteiger partial charge in [0.25, 0.3) is 5.17 Å². The number of esters is 1. The van der Waals surface area contributed by atoms with E-state index in [-0.39, 0.29) is 54.5 Å². The van der Waals surface area contributed by atoms with E-state index in [9.17, 15) is 25.2 Å². The topological polar surface area (TPSA) is 141 Å². The van der Waals surface area contributed by atoms with Crippen LogP contribution < -0.4 is 5.32 Å². The van der Waals surface area contributed by atoms with E-state index in [1.807, 2.05) is 47.6 Å². The van der Waals surface area contributed by atoms with E-state index < -0.39 is 41.6 Å². The molecular formula is C32H53NO8S. The van der Waals surface area contributed by atoms with E-state index in [1.165, 1.54) is 0 Å². The highest BCUT2D eigenvalue weighted by molar-refractivity contribution is 7.80. The van der Waals surface area contributed by atoms with Gasteiger partial charge in [-0.15, -0.1) is 0 Å². The molecule has 0 spiro atoms. The summed E-state index contributed by atoms with van der Waals surface area (Å²) >= 11 is 5.32. The average molecular weight is 612 g/mol. The summed E-state index contributed by atoms with van der Waals surface area (Å²) in [5, 5.41) is 46.0. The predicted octanol–water partition coefficient (Wildman–Crippen LogP) is 3.87. The van der Waals surface area contributed by atoms with Crippen molar-refractivity contribution in [1.29, 1.82) is 0 Å². The first-order valence-corrected chi connectivity index (χ1v) is 15.5. The number of allylic oxidation sites excluding steroid dienone is 2. The van der Waals surface area contributed by atoms with Crippen molar-refractivity contribution in [2.45, 2.75) is 141 Å². The number of hydrogen-bond acceptors (Lipinski definition) is 9. The highest BCUT2D eigenvalue weighted by atomic mass is 32.1. The average Bonchev–Trinajstić information content (AvgIpc) is 3.64. The molecule has 240 valence electrons. The summed E-state index contributed by atoms with van der Waals surface area (Å²) in [5.74, 6) is -0.843. The summed E-state index contributed by atoms with van der Waals surface area (Å²) in [6.07, 6.45) is 6.92. The summed E-state index contributed by atoms with van der Waals surface area (Å²) in [6.45, 7) is 14.8. The number of carbonyl (C=O) groups is 1. The Kier molecular flexibility index (Phi) is 13.7. The van der Waals surface area contributed by atoms with Crippen LogP contribution in [0.2, 0.25) is 0 Å². The van der Waals surface area contributed by atoms with Gasteiger partial charge in [0.1, 0.15) is 17.8 Å². The number of rotatable bonds is 10. The van der Waals surface area contributed by atoms with Gasteiger partial charge in [-0.3, -0.25) is 4.79 Å². The Balaban J connectivity index is 2.21. The molecule has 0 aromatic carbocycles. The quantitative estimate of drug-likeness (QED) is 0.0813. The molecule has 0 bridgehead atoms. The number of aliphatic hydroxyl groups is 4. The van der Waals surface area contributed by atoms with Gasteiger partial charge < -0.3 is 40.0 Å². The van der Waals surface area contributed by atoms with Gasteiger partial charge in [0.15, 0.2) is 0 Å². The molecule has 0 radical (unpaired) electrons. The molecule has 2 aliphatic heterocycles. The van der Waals surface area contributed by atoms with Crippen LogP contribution in [0.4, 0.5) is 0 Å². The SMILES string of the molecule is CCC(O)C(C)C1OC1CC(C)(O)/C=C/C=C(\C)C1OC(=O)CC(O)CCC(C)(O)C(OC(=S)NC(C)C)/C=C\C1C. The van der Waals surface area contributed by atoms with Crippen molar-refractivity contribution in [1.82, 2.24) is 5.32 Å². The number of ether oxygens (including phenoxy) is 3. The van der Waals surface area contributed by atoms with Gasteiger partial charge in [-0.2, -0.15) is 0 Å². The monoisotopic (exact) mass is 611 g/mol. The van der Waals surface area contributed by atoms with E-state index in [0.29, 0.717) is 12.8 Å². The standard InChI is InChI=1S/C32H53NO8S/c1-9-24(35)22(6)29-25(39-29)18-31(7,37)15-10-11-20(4)28-21(5)12-13-26(40-30(42)33-19(2)3)32(8,38)16-14-23(34)17-27(36)41-28/h10-13,15,19,21-26,28-29,34-35,37-38H,9,14,16-18H2,1-8H3,(H,33,42)/b13-12-,15-10+,20-11+. The highest BCUT2D eigenvalue weighted by Gasteiger charge is 2.47. The van der Waals surface area contributed by atoms with Crippen molar-refractivity contribution in [2.75, 3.05) is 0 Å². The first kappa shape index (κ1) is 36.4. The summed E-state index contributed by atoms with van der Waals surface area (Å²) in [4.78, 5) is 12.7. The minimum Gasteiger partial charge on any atom is -0.460 e. The zero-order valence-electron chi connectivity index (χ0n) is 26.4. The Morgan fingerprint density at radius 3 is 2.62 bits per heavy atom. The zero-order chi connectivity index (χ0) is 31.8. The first-order chi connectivity index (χ1) is 19.5. The van der Waals surface area contributed by atoms with Crippen LogP contribution >= 0.6 is 12.2 Å². The molecule has 9 nitrogen and oxygen atoms in total. The number of cyclic esters (lactones) is 1. The molecule has 2 aliphatic rings.